The van der Waals surface area contributed by atoms with Crippen molar-refractivity contribution in [1.82, 2.24) is 4.90 Å². The number of nitrogens with zero attached hydrogens (tertiary/aromatic N) is 1. The van der Waals surface area contributed by atoms with Crippen LogP contribution in [-0.2, 0) is 9.53 Å². The average Bonchev–Trinajstić information content (AvgIpc) is 2.20. The highest BCUT2D eigenvalue weighted by Crippen LogP contribution is 2.15. The normalized spacial score (nSPS) is 19.4. The van der Waals surface area contributed by atoms with Crippen LogP contribution in [0.5, 0.6) is 0 Å². The molecule has 0 aromatic rings. The summed E-state index contributed by atoms with van der Waals surface area (Å²) in [5.41, 5.74) is 0.665. The minimum atomic E-state index is 0.312. The fourth-order valence-corrected chi connectivity index (χ4v) is 1.91. The molecule has 0 atom stereocenters. The molecule has 0 aliphatic carbocycles. The van der Waals surface area contributed by atoms with Crippen LogP contribution in [0.4, 0.5) is 0 Å². The molecule has 1 aliphatic rings. The van der Waals surface area contributed by atoms with Gasteiger partial charge in [-0.25, -0.2) is 0 Å². The average molecular weight is 211 g/mol. The number of aldehydes is 1. The molecule has 0 amide bonds. The van der Waals surface area contributed by atoms with Crippen molar-refractivity contribution in [2.24, 2.45) is 0 Å². The summed E-state index contributed by atoms with van der Waals surface area (Å²) >= 11 is 0. The van der Waals surface area contributed by atoms with E-state index in [0.29, 0.717) is 24.3 Å². The fourth-order valence-electron chi connectivity index (χ4n) is 1.91. The van der Waals surface area contributed by atoms with E-state index in [4.69, 9.17) is 4.74 Å². The van der Waals surface area contributed by atoms with Crippen LogP contribution in [0.3, 0.4) is 0 Å². The molecule has 1 aliphatic heterocycles. The Hall–Kier alpha value is -0.670. The largest absolute Gasteiger partial charge is 0.375 e. The SMILES string of the molecule is C=C(C=O)CN1CCC(OC(C)C)CC1. The van der Waals surface area contributed by atoms with Gasteiger partial charge < -0.3 is 4.74 Å². The van der Waals surface area contributed by atoms with E-state index in [2.05, 4.69) is 25.3 Å². The number of piperidine rings is 1. The summed E-state index contributed by atoms with van der Waals surface area (Å²) in [6.07, 6.45) is 3.67. The summed E-state index contributed by atoms with van der Waals surface area (Å²) in [5.74, 6) is 0. The summed E-state index contributed by atoms with van der Waals surface area (Å²) in [5, 5.41) is 0. The Morgan fingerprint density at radius 2 is 2.13 bits per heavy atom. The molecule has 0 saturated carbocycles. The third-order valence-electron chi connectivity index (χ3n) is 2.59. The van der Waals surface area contributed by atoms with Crippen LogP contribution >= 0.6 is 0 Å². The molecule has 0 spiro atoms. The second kappa shape index (κ2) is 6.03. The minimum absolute atomic E-state index is 0.312. The molecule has 1 rings (SSSR count). The Kier molecular flexibility index (Phi) is 4.99. The van der Waals surface area contributed by atoms with Gasteiger partial charge in [0.15, 0.2) is 0 Å². The molecule has 0 unspecified atom stereocenters. The number of carbonyl (C=O) groups excluding carboxylic acids is 1. The van der Waals surface area contributed by atoms with E-state index in [1.165, 1.54) is 0 Å². The second-order valence-electron chi connectivity index (χ2n) is 4.44. The van der Waals surface area contributed by atoms with Crippen molar-refractivity contribution in [3.63, 3.8) is 0 Å². The number of rotatable bonds is 5. The highest BCUT2D eigenvalue weighted by Gasteiger charge is 2.20. The van der Waals surface area contributed by atoms with Crippen molar-refractivity contribution in [2.45, 2.75) is 38.9 Å². The predicted molar refractivity (Wildman–Crippen MR) is 60.9 cm³/mol. The lowest BCUT2D eigenvalue weighted by Gasteiger charge is -2.32. The molecular weight excluding hydrogens is 190 g/mol. The molecule has 86 valence electrons. The van der Waals surface area contributed by atoms with Gasteiger partial charge in [0.2, 0.25) is 0 Å². The van der Waals surface area contributed by atoms with Gasteiger partial charge in [-0.2, -0.15) is 0 Å². The first-order chi connectivity index (χ1) is 7.11. The van der Waals surface area contributed by atoms with Crippen molar-refractivity contribution in [1.29, 1.82) is 0 Å². The van der Waals surface area contributed by atoms with Gasteiger partial charge in [0.05, 0.1) is 12.2 Å². The van der Waals surface area contributed by atoms with Crippen LogP contribution in [0.1, 0.15) is 26.7 Å². The maximum Gasteiger partial charge on any atom is 0.146 e. The molecule has 0 aromatic carbocycles. The van der Waals surface area contributed by atoms with Gasteiger partial charge in [0.1, 0.15) is 6.29 Å². The second-order valence-corrected chi connectivity index (χ2v) is 4.44. The van der Waals surface area contributed by atoms with E-state index >= 15 is 0 Å². The number of hydrogen-bond acceptors (Lipinski definition) is 3. The zero-order valence-electron chi connectivity index (χ0n) is 9.74. The Bertz CT molecular complexity index is 218. The number of ether oxygens (including phenoxy) is 1. The van der Waals surface area contributed by atoms with E-state index in [1.807, 2.05) is 0 Å². The molecule has 1 saturated heterocycles. The highest BCUT2D eigenvalue weighted by atomic mass is 16.5. The number of likely N-dealkylation sites (tertiary alicyclic amines) is 1. The summed E-state index contributed by atoms with van der Waals surface area (Å²) < 4.78 is 5.75. The molecule has 0 N–H and O–H groups in total. The van der Waals surface area contributed by atoms with Gasteiger partial charge in [-0.05, 0) is 32.3 Å². The molecule has 0 bridgehead atoms. The molecule has 1 heterocycles. The van der Waals surface area contributed by atoms with Crippen LogP contribution in [0.2, 0.25) is 0 Å². The summed E-state index contributed by atoms with van der Waals surface area (Å²) in [6.45, 7) is 10.5. The van der Waals surface area contributed by atoms with Crippen LogP contribution < -0.4 is 0 Å². The standard InChI is InChI=1S/C12H21NO2/c1-10(2)15-12-4-6-13(7-5-12)8-11(3)9-14/h9-10,12H,3-8H2,1-2H3. The van der Waals surface area contributed by atoms with E-state index < -0.39 is 0 Å². The van der Waals surface area contributed by atoms with Crippen molar-refractivity contribution in [3.05, 3.63) is 12.2 Å². The van der Waals surface area contributed by atoms with Crippen LogP contribution in [0.15, 0.2) is 12.2 Å². The Morgan fingerprint density at radius 1 is 1.53 bits per heavy atom. The minimum Gasteiger partial charge on any atom is -0.375 e. The van der Waals surface area contributed by atoms with Crippen molar-refractivity contribution >= 4 is 6.29 Å². The summed E-state index contributed by atoms with van der Waals surface area (Å²) in [7, 11) is 0. The molecule has 15 heavy (non-hydrogen) atoms. The Balaban J connectivity index is 2.23. The lowest BCUT2D eigenvalue weighted by molar-refractivity contribution is -0.105. The molecule has 1 fully saturated rings. The van der Waals surface area contributed by atoms with Crippen molar-refractivity contribution < 1.29 is 9.53 Å². The topological polar surface area (TPSA) is 29.5 Å². The highest BCUT2D eigenvalue weighted by molar-refractivity contribution is 5.72. The van der Waals surface area contributed by atoms with Crippen molar-refractivity contribution in [3.8, 4) is 0 Å². The van der Waals surface area contributed by atoms with E-state index in [9.17, 15) is 4.79 Å². The van der Waals surface area contributed by atoms with Crippen molar-refractivity contribution in [2.75, 3.05) is 19.6 Å². The maximum atomic E-state index is 10.4. The predicted octanol–water partition coefficient (Wildman–Crippen LogP) is 1.63. The maximum absolute atomic E-state index is 10.4. The van der Waals surface area contributed by atoms with Gasteiger partial charge >= 0.3 is 0 Å². The Morgan fingerprint density at radius 3 is 2.60 bits per heavy atom. The molecular formula is C12H21NO2. The smallest absolute Gasteiger partial charge is 0.146 e. The fraction of sp³-hybridized carbons (Fsp3) is 0.750. The molecule has 0 radical (unpaired) electrons. The zero-order chi connectivity index (χ0) is 11.3. The lowest BCUT2D eigenvalue weighted by Crippen LogP contribution is -2.38. The van der Waals surface area contributed by atoms with Gasteiger partial charge in [-0.1, -0.05) is 6.58 Å². The first-order valence-corrected chi connectivity index (χ1v) is 5.62. The third-order valence-corrected chi connectivity index (χ3v) is 2.59. The molecule has 3 nitrogen and oxygen atoms in total. The van der Waals surface area contributed by atoms with Crippen LogP contribution in [0, 0.1) is 0 Å². The summed E-state index contributed by atoms with van der Waals surface area (Å²) in [6, 6.07) is 0. The van der Waals surface area contributed by atoms with Crippen LogP contribution in [-0.4, -0.2) is 43.0 Å². The Labute approximate surface area is 92.1 Å². The first kappa shape index (κ1) is 12.4. The number of carbonyl (C=O) groups is 1. The first-order valence-electron chi connectivity index (χ1n) is 5.62. The van der Waals surface area contributed by atoms with Gasteiger partial charge in [0, 0.05) is 19.6 Å². The van der Waals surface area contributed by atoms with Crippen LogP contribution in [0.25, 0.3) is 0 Å². The lowest BCUT2D eigenvalue weighted by atomic mass is 10.1. The van der Waals surface area contributed by atoms with E-state index in [-0.39, 0.29) is 0 Å². The van der Waals surface area contributed by atoms with Gasteiger partial charge in [-0.3, -0.25) is 9.69 Å². The monoisotopic (exact) mass is 211 g/mol. The number of hydrogen-bond donors (Lipinski definition) is 0. The molecule has 3 heteroatoms. The van der Waals surface area contributed by atoms with E-state index in [0.717, 1.165) is 32.2 Å². The zero-order valence-corrected chi connectivity index (χ0v) is 9.74. The van der Waals surface area contributed by atoms with Gasteiger partial charge in [-0.15, -0.1) is 0 Å². The van der Waals surface area contributed by atoms with Gasteiger partial charge in [0.25, 0.3) is 0 Å². The quantitative estimate of drug-likeness (QED) is 0.511. The third kappa shape index (κ3) is 4.58. The molecule has 0 aromatic heterocycles. The summed E-state index contributed by atoms with van der Waals surface area (Å²) in [4.78, 5) is 12.7. The van der Waals surface area contributed by atoms with E-state index in [1.54, 1.807) is 0 Å².